The topological polar surface area (TPSA) is 21.6 Å². The zero-order chi connectivity index (χ0) is 11.2. The highest BCUT2D eigenvalue weighted by atomic mass is 16.5. The maximum atomic E-state index is 5.18. The number of ether oxygens (including phenoxy) is 1. The van der Waals surface area contributed by atoms with Gasteiger partial charge in [-0.25, -0.2) is 0 Å². The van der Waals surface area contributed by atoms with Gasteiger partial charge in [0, 0.05) is 12.3 Å². The van der Waals surface area contributed by atoms with Crippen molar-refractivity contribution in [1.82, 2.24) is 0 Å². The molecule has 1 heterocycles. The van der Waals surface area contributed by atoms with Crippen molar-refractivity contribution >= 4 is 11.8 Å². The molecule has 84 valence electrons. The molecule has 1 aliphatic rings. The van der Waals surface area contributed by atoms with Crippen LogP contribution in [0, 0.1) is 0 Å². The van der Waals surface area contributed by atoms with Crippen molar-refractivity contribution in [2.45, 2.75) is 19.3 Å². The number of rotatable bonds is 3. The fourth-order valence-electron chi connectivity index (χ4n) is 1.79. The summed E-state index contributed by atoms with van der Waals surface area (Å²) in [6.45, 7) is 0.984. The summed E-state index contributed by atoms with van der Waals surface area (Å²) in [4.78, 5) is 4.49. The van der Waals surface area contributed by atoms with Gasteiger partial charge in [-0.1, -0.05) is 18.2 Å². The van der Waals surface area contributed by atoms with Crippen LogP contribution >= 0.6 is 0 Å². The molecule has 0 unspecified atom stereocenters. The average molecular weight is 215 g/mol. The van der Waals surface area contributed by atoms with E-state index in [4.69, 9.17) is 4.74 Å². The number of benzene rings is 1. The lowest BCUT2D eigenvalue weighted by molar-refractivity contribution is 0.414. The minimum absolute atomic E-state index is 0.896. The molecule has 16 heavy (non-hydrogen) atoms. The number of hydrogen-bond acceptors (Lipinski definition) is 2. The maximum absolute atomic E-state index is 5.18. The van der Waals surface area contributed by atoms with Gasteiger partial charge < -0.3 is 4.74 Å². The lowest BCUT2D eigenvalue weighted by atomic mass is 10.1. The van der Waals surface area contributed by atoms with Crippen LogP contribution in [0.2, 0.25) is 0 Å². The second-order valence-corrected chi connectivity index (χ2v) is 3.94. The van der Waals surface area contributed by atoms with Crippen molar-refractivity contribution in [3.63, 3.8) is 0 Å². The molecule has 0 amide bonds. The van der Waals surface area contributed by atoms with Crippen LogP contribution in [0.5, 0.6) is 5.75 Å². The van der Waals surface area contributed by atoms with Gasteiger partial charge in [0.25, 0.3) is 0 Å². The van der Waals surface area contributed by atoms with Crippen LogP contribution < -0.4 is 4.74 Å². The second kappa shape index (κ2) is 5.50. The van der Waals surface area contributed by atoms with E-state index in [1.165, 1.54) is 18.6 Å². The van der Waals surface area contributed by atoms with Gasteiger partial charge in [-0.3, -0.25) is 4.99 Å². The SMILES string of the molecule is COc1cccc(C=CC2=NCCCC2)c1. The highest BCUT2D eigenvalue weighted by Gasteiger charge is 2.00. The third kappa shape index (κ3) is 2.96. The summed E-state index contributed by atoms with van der Waals surface area (Å²) >= 11 is 0. The zero-order valence-corrected chi connectivity index (χ0v) is 9.65. The normalized spacial score (nSPS) is 16.2. The molecule has 1 aromatic rings. The molecule has 0 aliphatic carbocycles. The van der Waals surface area contributed by atoms with Gasteiger partial charge in [0.1, 0.15) is 5.75 Å². The minimum Gasteiger partial charge on any atom is -0.497 e. The standard InChI is InChI=1S/C14H17NO/c1-16-14-7-4-5-12(11-14)8-9-13-6-2-3-10-15-13/h4-5,7-9,11H,2-3,6,10H2,1H3. The van der Waals surface area contributed by atoms with E-state index in [9.17, 15) is 0 Å². The maximum Gasteiger partial charge on any atom is 0.119 e. The van der Waals surface area contributed by atoms with Gasteiger partial charge in [-0.05, 0) is 43.0 Å². The lowest BCUT2D eigenvalue weighted by Crippen LogP contribution is -2.02. The Bertz CT molecular complexity index is 407. The van der Waals surface area contributed by atoms with Crippen molar-refractivity contribution in [2.75, 3.05) is 13.7 Å². The minimum atomic E-state index is 0.896. The average Bonchev–Trinajstić information content (AvgIpc) is 2.38. The Balaban J connectivity index is 2.07. The number of nitrogens with zero attached hydrogens (tertiary/aromatic N) is 1. The van der Waals surface area contributed by atoms with E-state index < -0.39 is 0 Å². The third-order valence-electron chi connectivity index (χ3n) is 2.72. The summed E-state index contributed by atoms with van der Waals surface area (Å²) in [5.41, 5.74) is 2.38. The third-order valence-corrected chi connectivity index (χ3v) is 2.72. The van der Waals surface area contributed by atoms with Crippen LogP contribution in [0.3, 0.4) is 0 Å². The van der Waals surface area contributed by atoms with Crippen molar-refractivity contribution in [2.24, 2.45) is 4.99 Å². The lowest BCUT2D eigenvalue weighted by Gasteiger charge is -2.07. The molecule has 0 atom stereocenters. The molecule has 0 radical (unpaired) electrons. The second-order valence-electron chi connectivity index (χ2n) is 3.94. The predicted octanol–water partition coefficient (Wildman–Crippen LogP) is 3.33. The van der Waals surface area contributed by atoms with E-state index in [-0.39, 0.29) is 0 Å². The Labute approximate surface area is 96.7 Å². The smallest absolute Gasteiger partial charge is 0.119 e. The summed E-state index contributed by atoms with van der Waals surface area (Å²) in [5.74, 6) is 0.896. The molecule has 2 heteroatoms. The van der Waals surface area contributed by atoms with E-state index in [1.54, 1.807) is 7.11 Å². The molecule has 1 aromatic carbocycles. The summed E-state index contributed by atoms with van der Waals surface area (Å²) in [5, 5.41) is 0. The van der Waals surface area contributed by atoms with Crippen LogP contribution in [-0.2, 0) is 0 Å². The van der Waals surface area contributed by atoms with Gasteiger partial charge in [0.2, 0.25) is 0 Å². The molecule has 0 aromatic heterocycles. The molecular weight excluding hydrogens is 198 g/mol. The van der Waals surface area contributed by atoms with E-state index >= 15 is 0 Å². The van der Waals surface area contributed by atoms with Crippen LogP contribution in [0.25, 0.3) is 6.08 Å². The molecule has 0 fully saturated rings. The Morgan fingerprint density at radius 1 is 1.25 bits per heavy atom. The Kier molecular flexibility index (Phi) is 3.76. The number of allylic oxidation sites excluding steroid dienone is 1. The van der Waals surface area contributed by atoms with Gasteiger partial charge in [0.15, 0.2) is 0 Å². The van der Waals surface area contributed by atoms with Crippen molar-refractivity contribution in [1.29, 1.82) is 0 Å². The first kappa shape index (κ1) is 10.9. The molecule has 0 bridgehead atoms. The van der Waals surface area contributed by atoms with Crippen LogP contribution in [-0.4, -0.2) is 19.4 Å². The van der Waals surface area contributed by atoms with Crippen LogP contribution in [0.4, 0.5) is 0 Å². The Morgan fingerprint density at radius 3 is 2.94 bits per heavy atom. The molecule has 2 nitrogen and oxygen atoms in total. The first-order valence-electron chi connectivity index (χ1n) is 5.74. The van der Waals surface area contributed by atoms with Gasteiger partial charge in [-0.15, -0.1) is 0 Å². The van der Waals surface area contributed by atoms with Gasteiger partial charge in [-0.2, -0.15) is 0 Å². The first-order valence-corrected chi connectivity index (χ1v) is 5.74. The molecular formula is C14H17NO. The summed E-state index contributed by atoms with van der Waals surface area (Å²) < 4.78 is 5.18. The fraction of sp³-hybridized carbons (Fsp3) is 0.357. The van der Waals surface area contributed by atoms with Crippen molar-refractivity contribution in [3.8, 4) is 5.75 Å². The largest absolute Gasteiger partial charge is 0.497 e. The number of aliphatic imine (C=N–C) groups is 1. The zero-order valence-electron chi connectivity index (χ0n) is 9.65. The van der Waals surface area contributed by atoms with Crippen molar-refractivity contribution in [3.05, 3.63) is 35.9 Å². The van der Waals surface area contributed by atoms with E-state index in [2.05, 4.69) is 23.2 Å². The van der Waals surface area contributed by atoms with E-state index in [0.717, 1.165) is 24.3 Å². The first-order chi connectivity index (χ1) is 7.88. The highest BCUT2D eigenvalue weighted by Crippen LogP contribution is 2.14. The number of hydrogen-bond donors (Lipinski definition) is 0. The van der Waals surface area contributed by atoms with Crippen molar-refractivity contribution < 1.29 is 4.74 Å². The fourth-order valence-corrected chi connectivity index (χ4v) is 1.79. The molecule has 0 N–H and O–H groups in total. The molecule has 2 rings (SSSR count). The summed E-state index contributed by atoms with van der Waals surface area (Å²) in [7, 11) is 1.69. The molecule has 0 saturated carbocycles. The predicted molar refractivity (Wildman–Crippen MR) is 68.2 cm³/mol. The summed E-state index contributed by atoms with van der Waals surface area (Å²) in [6, 6.07) is 8.05. The van der Waals surface area contributed by atoms with E-state index in [0.29, 0.717) is 0 Å². The monoisotopic (exact) mass is 215 g/mol. The van der Waals surface area contributed by atoms with Gasteiger partial charge >= 0.3 is 0 Å². The Morgan fingerprint density at radius 2 is 2.19 bits per heavy atom. The molecule has 1 aliphatic heterocycles. The van der Waals surface area contributed by atoms with Crippen LogP contribution in [0.1, 0.15) is 24.8 Å². The quantitative estimate of drug-likeness (QED) is 0.757. The Hall–Kier alpha value is -1.57. The summed E-state index contributed by atoms with van der Waals surface area (Å²) in [6.07, 6.45) is 7.83. The highest BCUT2D eigenvalue weighted by molar-refractivity contribution is 5.98. The molecule has 0 saturated heterocycles. The van der Waals surface area contributed by atoms with E-state index in [1.807, 2.05) is 18.2 Å². The number of methoxy groups -OCH3 is 1. The van der Waals surface area contributed by atoms with Gasteiger partial charge in [0.05, 0.1) is 7.11 Å². The van der Waals surface area contributed by atoms with Crippen LogP contribution in [0.15, 0.2) is 35.3 Å². The molecule has 0 spiro atoms.